The Balaban J connectivity index is 0. The lowest BCUT2D eigenvalue weighted by Crippen LogP contribution is -1.95. The first-order valence-corrected chi connectivity index (χ1v) is 1.90. The minimum atomic E-state index is -0.211. The third-order valence-electron chi connectivity index (χ3n) is 0.348. The summed E-state index contributed by atoms with van der Waals surface area (Å²) in [6.07, 6.45) is 0. The molecule has 3 heteroatoms. The summed E-state index contributed by atoms with van der Waals surface area (Å²) in [6.45, 7) is 3.65. The molecule has 0 unspecified atom stereocenters. The highest BCUT2D eigenvalue weighted by atomic mass is 16.5. The monoisotopic (exact) mass is 102 g/mol. The van der Waals surface area contributed by atoms with Gasteiger partial charge in [0.05, 0.1) is 6.61 Å². The molecule has 0 spiro atoms. The maximum Gasteiger partial charge on any atom is 0.302 e. The molecular weight excluding hydrogens is 94.0 g/mol. The summed E-state index contributed by atoms with van der Waals surface area (Å²) in [4.78, 5) is 9.82. The van der Waals surface area contributed by atoms with Crippen molar-refractivity contribution < 1.29 is 9.53 Å². The van der Waals surface area contributed by atoms with Gasteiger partial charge in [-0.25, -0.2) is 0 Å². The average Bonchev–Trinajstić information content (AvgIpc) is 1.35. The first-order valence-electron chi connectivity index (χ1n) is 1.90. The zero-order valence-corrected chi connectivity index (χ0v) is 4.47. The van der Waals surface area contributed by atoms with Gasteiger partial charge in [-0.1, -0.05) is 0 Å². The van der Waals surface area contributed by atoms with Crippen LogP contribution in [0.25, 0.3) is 0 Å². The first kappa shape index (κ1) is 9.66. The standard InChI is InChI=1S/C4H8O2.N/c1-3-6-4(2)5;/h3H2,1-2H3;. The molecule has 0 rings (SSSR count). The fourth-order valence-corrected chi connectivity index (χ4v) is 0.203. The maximum atomic E-state index is 9.82. The molecule has 0 N–H and O–H groups in total. The lowest BCUT2D eigenvalue weighted by atomic mass is 10.8. The van der Waals surface area contributed by atoms with Crippen LogP contribution in [-0.2, 0) is 9.53 Å². The predicted molar refractivity (Wildman–Crippen MR) is 24.4 cm³/mol. The SMILES string of the molecule is CCOC(C)=O.[N]. The van der Waals surface area contributed by atoms with Gasteiger partial charge in [0.1, 0.15) is 0 Å². The number of ether oxygens (including phenoxy) is 1. The molecule has 0 saturated carbocycles. The largest absolute Gasteiger partial charge is 0.466 e. The van der Waals surface area contributed by atoms with E-state index < -0.39 is 0 Å². The van der Waals surface area contributed by atoms with Gasteiger partial charge in [-0.05, 0) is 6.92 Å². The lowest BCUT2D eigenvalue weighted by molar-refractivity contribution is -0.140. The van der Waals surface area contributed by atoms with Crippen molar-refractivity contribution in [2.75, 3.05) is 6.61 Å². The van der Waals surface area contributed by atoms with Crippen molar-refractivity contribution >= 4 is 5.97 Å². The van der Waals surface area contributed by atoms with Crippen LogP contribution < -0.4 is 6.15 Å². The minimum absolute atomic E-state index is 0. The molecule has 0 aromatic carbocycles. The van der Waals surface area contributed by atoms with Crippen molar-refractivity contribution in [3.05, 3.63) is 0 Å². The van der Waals surface area contributed by atoms with Gasteiger partial charge in [0.2, 0.25) is 0 Å². The molecule has 0 aromatic rings. The molecule has 41 valence electrons. The van der Waals surface area contributed by atoms with E-state index in [2.05, 4.69) is 4.74 Å². The summed E-state index contributed by atoms with van der Waals surface area (Å²) >= 11 is 0. The van der Waals surface area contributed by atoms with E-state index >= 15 is 0 Å². The summed E-state index contributed by atoms with van der Waals surface area (Å²) in [5.74, 6) is -0.211. The van der Waals surface area contributed by atoms with E-state index in [9.17, 15) is 4.79 Å². The maximum absolute atomic E-state index is 9.82. The van der Waals surface area contributed by atoms with Crippen LogP contribution >= 0.6 is 0 Å². The van der Waals surface area contributed by atoms with Gasteiger partial charge in [-0.15, -0.1) is 0 Å². The van der Waals surface area contributed by atoms with Gasteiger partial charge < -0.3 is 4.74 Å². The van der Waals surface area contributed by atoms with E-state index in [1.54, 1.807) is 6.92 Å². The summed E-state index contributed by atoms with van der Waals surface area (Å²) in [5, 5.41) is 0. The number of nitrogens with zero attached hydrogens (tertiary/aromatic N) is 1. The Bertz CT molecular complexity index is 53.7. The Labute approximate surface area is 43.2 Å². The zero-order chi connectivity index (χ0) is 4.99. The number of carbonyl (C=O) groups is 1. The van der Waals surface area contributed by atoms with E-state index in [1.807, 2.05) is 0 Å². The number of hydrogen-bond donors (Lipinski definition) is 0. The molecule has 0 saturated heterocycles. The zero-order valence-electron chi connectivity index (χ0n) is 4.47. The highest BCUT2D eigenvalue weighted by Crippen LogP contribution is 1.69. The van der Waals surface area contributed by atoms with E-state index in [0.717, 1.165) is 0 Å². The van der Waals surface area contributed by atoms with Crippen LogP contribution in [0.5, 0.6) is 0 Å². The Kier molecular flexibility index (Phi) is 7.49. The van der Waals surface area contributed by atoms with Crippen LogP contribution in [-0.4, -0.2) is 12.6 Å². The van der Waals surface area contributed by atoms with Crippen LogP contribution in [0.2, 0.25) is 0 Å². The summed E-state index contributed by atoms with van der Waals surface area (Å²) in [6, 6.07) is 0. The molecule has 0 aliphatic rings. The molecule has 0 heterocycles. The second-order valence-corrected chi connectivity index (χ2v) is 0.925. The van der Waals surface area contributed by atoms with Crippen LogP contribution in [0.4, 0.5) is 0 Å². The van der Waals surface area contributed by atoms with Crippen molar-refractivity contribution in [3.8, 4) is 0 Å². The van der Waals surface area contributed by atoms with Crippen molar-refractivity contribution in [1.29, 1.82) is 0 Å². The Morgan fingerprint density at radius 2 is 2.14 bits per heavy atom. The average molecular weight is 102 g/mol. The summed E-state index contributed by atoms with van der Waals surface area (Å²) in [5.41, 5.74) is 0. The molecular formula is C4H8NO2. The van der Waals surface area contributed by atoms with Crippen molar-refractivity contribution in [1.82, 2.24) is 6.15 Å². The molecule has 3 radical (unpaired) electrons. The normalized spacial score (nSPS) is 6.57. The predicted octanol–water partition coefficient (Wildman–Crippen LogP) is 0.0888. The number of carbonyl (C=O) groups excluding carboxylic acids is 1. The molecule has 0 amide bonds. The van der Waals surface area contributed by atoms with Crippen LogP contribution in [0.15, 0.2) is 0 Å². The smallest absolute Gasteiger partial charge is 0.302 e. The highest BCUT2D eigenvalue weighted by Gasteiger charge is 1.81. The number of hydrogen-bond acceptors (Lipinski definition) is 2. The third kappa shape index (κ3) is 10.8. The second-order valence-electron chi connectivity index (χ2n) is 0.925. The Morgan fingerprint density at radius 3 is 2.14 bits per heavy atom. The lowest BCUT2D eigenvalue weighted by Gasteiger charge is -1.89. The first-order chi connectivity index (χ1) is 2.77. The van der Waals surface area contributed by atoms with Crippen molar-refractivity contribution in [3.63, 3.8) is 0 Å². The third-order valence-corrected chi connectivity index (χ3v) is 0.348. The molecule has 7 heavy (non-hydrogen) atoms. The van der Waals surface area contributed by atoms with Crippen LogP contribution in [0.3, 0.4) is 0 Å². The van der Waals surface area contributed by atoms with E-state index in [1.165, 1.54) is 6.92 Å². The highest BCUT2D eigenvalue weighted by molar-refractivity contribution is 5.65. The van der Waals surface area contributed by atoms with Crippen LogP contribution in [0, 0.1) is 0 Å². The minimum Gasteiger partial charge on any atom is -0.466 e. The molecule has 0 fully saturated rings. The van der Waals surface area contributed by atoms with E-state index in [-0.39, 0.29) is 12.1 Å². The van der Waals surface area contributed by atoms with Crippen molar-refractivity contribution in [2.24, 2.45) is 0 Å². The molecule has 0 atom stereocenters. The van der Waals surface area contributed by atoms with Crippen molar-refractivity contribution in [2.45, 2.75) is 13.8 Å². The molecule has 3 nitrogen and oxygen atoms in total. The molecule has 0 aromatic heterocycles. The number of rotatable bonds is 1. The van der Waals surface area contributed by atoms with Gasteiger partial charge in [-0.3, -0.25) is 4.79 Å². The van der Waals surface area contributed by atoms with E-state index in [0.29, 0.717) is 6.61 Å². The molecule has 0 aliphatic heterocycles. The fraction of sp³-hybridized carbons (Fsp3) is 0.750. The van der Waals surface area contributed by atoms with E-state index in [4.69, 9.17) is 0 Å². The van der Waals surface area contributed by atoms with Crippen LogP contribution in [0.1, 0.15) is 13.8 Å². The Hall–Kier alpha value is -0.570. The van der Waals surface area contributed by atoms with Gasteiger partial charge in [0.15, 0.2) is 0 Å². The fourth-order valence-electron chi connectivity index (χ4n) is 0.203. The topological polar surface area (TPSA) is 56.8 Å². The molecule has 0 aliphatic carbocycles. The Morgan fingerprint density at radius 1 is 1.71 bits per heavy atom. The molecule has 0 bridgehead atoms. The summed E-state index contributed by atoms with van der Waals surface area (Å²) in [7, 11) is 0. The van der Waals surface area contributed by atoms with Gasteiger partial charge in [-0.2, -0.15) is 0 Å². The van der Waals surface area contributed by atoms with Gasteiger partial charge in [0, 0.05) is 13.1 Å². The van der Waals surface area contributed by atoms with Gasteiger partial charge in [0.25, 0.3) is 0 Å². The number of esters is 1. The quantitative estimate of drug-likeness (QED) is 0.440. The second kappa shape index (κ2) is 5.43. The summed E-state index contributed by atoms with van der Waals surface area (Å²) < 4.78 is 4.40. The van der Waals surface area contributed by atoms with Gasteiger partial charge >= 0.3 is 5.97 Å².